The molecule has 1 aliphatic heterocycles. The van der Waals surface area contributed by atoms with Crippen molar-refractivity contribution in [2.45, 2.75) is 89.3 Å². The van der Waals surface area contributed by atoms with Gasteiger partial charge in [0.05, 0.1) is 11.6 Å². The first-order chi connectivity index (χ1) is 19.4. The van der Waals surface area contributed by atoms with Crippen LogP contribution in [-0.2, 0) is 16.1 Å². The quantitative estimate of drug-likeness (QED) is 0.395. The lowest BCUT2D eigenvalue weighted by atomic mass is 9.81. The van der Waals surface area contributed by atoms with E-state index in [1.54, 1.807) is 0 Å². The predicted molar refractivity (Wildman–Crippen MR) is 156 cm³/mol. The monoisotopic (exact) mass is 546 g/mol. The molecule has 2 aromatic carbocycles. The number of para-hydroxylation sites is 1. The second kappa shape index (κ2) is 12.7. The van der Waals surface area contributed by atoms with Gasteiger partial charge in [0, 0.05) is 37.7 Å². The molecule has 0 radical (unpaired) electrons. The maximum atomic E-state index is 13.3. The summed E-state index contributed by atoms with van der Waals surface area (Å²) in [5.74, 6) is 1.68. The minimum Gasteiger partial charge on any atom is -0.481 e. The van der Waals surface area contributed by atoms with E-state index in [2.05, 4.69) is 11.0 Å². The maximum Gasteiger partial charge on any atom is 0.306 e. The van der Waals surface area contributed by atoms with Gasteiger partial charge in [-0.25, -0.2) is 4.99 Å². The Labute approximate surface area is 237 Å². The fourth-order valence-electron chi connectivity index (χ4n) is 6.75. The van der Waals surface area contributed by atoms with Crippen LogP contribution in [0.2, 0.25) is 0 Å². The summed E-state index contributed by atoms with van der Waals surface area (Å²) in [5, 5.41) is 9.32. The van der Waals surface area contributed by atoms with Gasteiger partial charge in [-0.2, -0.15) is 0 Å². The van der Waals surface area contributed by atoms with Crippen LogP contribution in [0.5, 0.6) is 11.5 Å². The fourth-order valence-corrected chi connectivity index (χ4v) is 6.75. The number of carboxylic acid groups (broad SMARTS) is 1. The minimum absolute atomic E-state index is 0.118. The van der Waals surface area contributed by atoms with Crippen molar-refractivity contribution in [2.75, 3.05) is 7.05 Å². The van der Waals surface area contributed by atoms with Crippen molar-refractivity contribution >= 4 is 23.5 Å². The number of ether oxygens (including phenoxy) is 1. The smallest absolute Gasteiger partial charge is 0.306 e. The average molecular weight is 547 g/mol. The molecular formula is C32H42N4O4. The summed E-state index contributed by atoms with van der Waals surface area (Å²) in [7, 11) is 1.88. The lowest BCUT2D eigenvalue weighted by Crippen LogP contribution is -2.49. The van der Waals surface area contributed by atoms with Gasteiger partial charge in [0.15, 0.2) is 5.96 Å². The zero-order chi connectivity index (χ0) is 28.1. The standard InChI is InChI=1S/C32H42N4O4/c1-35(25-14-12-23(13-15-25)31(38)39)30(37)19-18-29(22-8-4-2-5-9-22)36-21-24-20-27(16-17-28(24)34-32(36)33)40-26-10-6-3-7-11-26/h3,6-7,10-11,16-17,20,22-23,25,29H,2,4-5,8-9,12-15,18-19,21H2,1H3,(H2,33,34)(H,38,39)/t23?,25?,29-/m0/s1. The third kappa shape index (κ3) is 6.60. The number of carbonyl (C=O) groups is 2. The van der Waals surface area contributed by atoms with Crippen LogP contribution in [0.3, 0.4) is 0 Å². The second-order valence-corrected chi connectivity index (χ2v) is 11.7. The van der Waals surface area contributed by atoms with Crippen LogP contribution in [0.4, 0.5) is 5.69 Å². The van der Waals surface area contributed by atoms with Crippen LogP contribution in [0.15, 0.2) is 53.5 Å². The number of carbonyl (C=O) groups excluding carboxylic acids is 1. The largest absolute Gasteiger partial charge is 0.481 e. The molecule has 0 bridgehead atoms. The van der Waals surface area contributed by atoms with Crippen LogP contribution in [-0.4, -0.2) is 51.9 Å². The first kappa shape index (κ1) is 28.0. The van der Waals surface area contributed by atoms with Crippen molar-refractivity contribution in [3.8, 4) is 11.5 Å². The van der Waals surface area contributed by atoms with E-state index in [9.17, 15) is 14.7 Å². The van der Waals surface area contributed by atoms with Crippen LogP contribution in [0.25, 0.3) is 0 Å². The summed E-state index contributed by atoms with van der Waals surface area (Å²) < 4.78 is 6.08. The summed E-state index contributed by atoms with van der Waals surface area (Å²) in [4.78, 5) is 33.5. The molecule has 0 saturated heterocycles. The molecule has 5 rings (SSSR count). The Bertz CT molecular complexity index is 1200. The van der Waals surface area contributed by atoms with Crippen molar-refractivity contribution in [2.24, 2.45) is 22.6 Å². The van der Waals surface area contributed by atoms with Crippen LogP contribution >= 0.6 is 0 Å². The van der Waals surface area contributed by atoms with E-state index in [1.165, 1.54) is 19.3 Å². The van der Waals surface area contributed by atoms with E-state index in [1.807, 2.05) is 54.4 Å². The number of nitrogens with two attached hydrogens (primary N) is 1. The number of rotatable bonds is 9. The average Bonchev–Trinajstić information content (AvgIpc) is 2.98. The zero-order valence-corrected chi connectivity index (χ0v) is 23.5. The highest BCUT2D eigenvalue weighted by molar-refractivity contribution is 5.84. The van der Waals surface area contributed by atoms with Gasteiger partial charge >= 0.3 is 5.97 Å². The summed E-state index contributed by atoms with van der Waals surface area (Å²) in [6.07, 6.45) is 9.91. The molecule has 214 valence electrons. The summed E-state index contributed by atoms with van der Waals surface area (Å²) in [6, 6.07) is 15.9. The van der Waals surface area contributed by atoms with Gasteiger partial charge in [0.25, 0.3) is 0 Å². The number of amides is 1. The number of aliphatic imine (C=N–C) groups is 1. The Morgan fingerprint density at radius 1 is 1.02 bits per heavy atom. The number of benzene rings is 2. The summed E-state index contributed by atoms with van der Waals surface area (Å²) in [6.45, 7) is 0.640. The molecule has 2 fully saturated rings. The number of carboxylic acids is 1. The third-order valence-electron chi connectivity index (χ3n) is 9.14. The Balaban J connectivity index is 1.27. The molecule has 1 amide bonds. The van der Waals surface area contributed by atoms with Gasteiger partial charge in [-0.15, -0.1) is 0 Å². The minimum atomic E-state index is -0.719. The maximum absolute atomic E-state index is 13.3. The highest BCUT2D eigenvalue weighted by Crippen LogP contribution is 2.37. The number of guanidine groups is 1. The lowest BCUT2D eigenvalue weighted by molar-refractivity contribution is -0.143. The first-order valence-corrected chi connectivity index (χ1v) is 14.8. The number of hydrogen-bond acceptors (Lipinski definition) is 6. The van der Waals surface area contributed by atoms with E-state index >= 15 is 0 Å². The van der Waals surface area contributed by atoms with Gasteiger partial charge in [-0.05, 0) is 81.2 Å². The molecule has 2 aromatic rings. The van der Waals surface area contributed by atoms with E-state index in [-0.39, 0.29) is 23.9 Å². The second-order valence-electron chi connectivity index (χ2n) is 11.7. The van der Waals surface area contributed by atoms with Crippen LogP contribution in [0, 0.1) is 11.8 Å². The van der Waals surface area contributed by atoms with E-state index in [4.69, 9.17) is 15.5 Å². The molecule has 1 heterocycles. The molecule has 0 unspecified atom stereocenters. The molecule has 3 aliphatic rings. The Morgan fingerprint density at radius 3 is 2.45 bits per heavy atom. The van der Waals surface area contributed by atoms with Crippen molar-refractivity contribution < 1.29 is 19.4 Å². The van der Waals surface area contributed by atoms with Crippen molar-refractivity contribution in [1.82, 2.24) is 9.80 Å². The predicted octanol–water partition coefficient (Wildman–Crippen LogP) is 6.07. The molecule has 8 heteroatoms. The zero-order valence-electron chi connectivity index (χ0n) is 23.5. The third-order valence-corrected chi connectivity index (χ3v) is 9.14. The molecule has 3 N–H and O–H groups in total. The van der Waals surface area contributed by atoms with E-state index in [0.29, 0.717) is 37.7 Å². The highest BCUT2D eigenvalue weighted by Gasteiger charge is 2.34. The Kier molecular flexibility index (Phi) is 8.92. The normalized spacial score (nSPS) is 22.1. The van der Waals surface area contributed by atoms with E-state index in [0.717, 1.165) is 54.9 Å². The van der Waals surface area contributed by atoms with E-state index < -0.39 is 5.97 Å². The SMILES string of the molecule is CN(C(=O)CC[C@@H](C1CCCCC1)N1Cc2cc(Oc3ccccc3)ccc2N=C1N)C1CCC(C(=O)O)CC1. The number of hydrogen-bond donors (Lipinski definition) is 2. The van der Waals surface area contributed by atoms with Crippen LogP contribution < -0.4 is 10.5 Å². The van der Waals surface area contributed by atoms with Gasteiger partial charge in [0.1, 0.15) is 11.5 Å². The fraction of sp³-hybridized carbons (Fsp3) is 0.531. The van der Waals surface area contributed by atoms with Crippen LogP contribution in [0.1, 0.15) is 76.2 Å². The Morgan fingerprint density at radius 2 is 1.75 bits per heavy atom. The van der Waals surface area contributed by atoms with Gasteiger partial charge in [0.2, 0.25) is 5.91 Å². The molecule has 2 saturated carbocycles. The molecule has 1 atom stereocenters. The number of fused-ring (bicyclic) bond motifs is 1. The lowest BCUT2D eigenvalue weighted by Gasteiger charge is -2.41. The Hall–Kier alpha value is -3.55. The van der Waals surface area contributed by atoms with Gasteiger partial charge in [-0.3, -0.25) is 9.59 Å². The van der Waals surface area contributed by atoms with Crippen molar-refractivity contribution in [3.63, 3.8) is 0 Å². The number of aliphatic carboxylic acids is 1. The molecular weight excluding hydrogens is 504 g/mol. The van der Waals surface area contributed by atoms with Gasteiger partial charge in [-0.1, -0.05) is 37.5 Å². The van der Waals surface area contributed by atoms with Gasteiger partial charge < -0.3 is 25.4 Å². The topological polar surface area (TPSA) is 108 Å². The molecule has 40 heavy (non-hydrogen) atoms. The molecule has 8 nitrogen and oxygen atoms in total. The molecule has 0 aromatic heterocycles. The highest BCUT2D eigenvalue weighted by atomic mass is 16.5. The summed E-state index contributed by atoms with van der Waals surface area (Å²) in [5.41, 5.74) is 8.52. The first-order valence-electron chi connectivity index (χ1n) is 14.8. The van der Waals surface area contributed by atoms with Crippen molar-refractivity contribution in [1.29, 1.82) is 0 Å². The molecule has 0 spiro atoms. The number of nitrogens with zero attached hydrogens (tertiary/aromatic N) is 3. The molecule has 2 aliphatic carbocycles. The van der Waals surface area contributed by atoms with Crippen molar-refractivity contribution in [3.05, 3.63) is 54.1 Å². The summed E-state index contributed by atoms with van der Waals surface area (Å²) >= 11 is 0.